The largest absolute Gasteiger partial charge is 0.497 e. The van der Waals surface area contributed by atoms with Gasteiger partial charge >= 0.3 is 0 Å². The van der Waals surface area contributed by atoms with Gasteiger partial charge in [-0.05, 0) is 43.2 Å². The third-order valence-corrected chi connectivity index (χ3v) is 3.57. The van der Waals surface area contributed by atoms with Crippen molar-refractivity contribution in [3.8, 4) is 5.75 Å². The summed E-state index contributed by atoms with van der Waals surface area (Å²) in [6, 6.07) is 13.8. The number of hydrogen-bond donors (Lipinski definition) is 1. The van der Waals surface area contributed by atoms with Gasteiger partial charge in [-0.2, -0.15) is 0 Å². The molecule has 2 aromatic carbocycles. The van der Waals surface area contributed by atoms with Gasteiger partial charge in [-0.25, -0.2) is 4.39 Å². The summed E-state index contributed by atoms with van der Waals surface area (Å²) in [6.07, 6.45) is 0.0201. The van der Waals surface area contributed by atoms with Crippen molar-refractivity contribution in [3.05, 3.63) is 65.5 Å². The number of nitrogens with one attached hydrogen (secondary N) is 1. The molecule has 0 atom stereocenters. The van der Waals surface area contributed by atoms with E-state index in [1.807, 2.05) is 38.1 Å². The molecule has 2 rings (SSSR count). The lowest BCUT2D eigenvalue weighted by Crippen LogP contribution is -2.41. The Balaban J connectivity index is 2.07. The molecule has 0 saturated heterocycles. The lowest BCUT2D eigenvalue weighted by Gasteiger charge is -2.27. The second-order valence-corrected chi connectivity index (χ2v) is 5.67. The predicted octanol–water partition coefficient (Wildman–Crippen LogP) is 3.43. The van der Waals surface area contributed by atoms with Crippen LogP contribution in [0.1, 0.15) is 25.0 Å². The predicted molar refractivity (Wildman–Crippen MR) is 84.3 cm³/mol. The molecule has 0 spiro atoms. The molecule has 22 heavy (non-hydrogen) atoms. The van der Waals surface area contributed by atoms with Crippen molar-refractivity contribution in [1.82, 2.24) is 5.32 Å². The van der Waals surface area contributed by atoms with E-state index in [4.69, 9.17) is 4.74 Å². The van der Waals surface area contributed by atoms with Gasteiger partial charge in [0, 0.05) is 0 Å². The van der Waals surface area contributed by atoms with E-state index < -0.39 is 5.54 Å². The van der Waals surface area contributed by atoms with E-state index >= 15 is 0 Å². The molecule has 116 valence electrons. The fourth-order valence-electron chi connectivity index (χ4n) is 2.29. The van der Waals surface area contributed by atoms with E-state index in [0.29, 0.717) is 5.56 Å². The van der Waals surface area contributed by atoms with Crippen molar-refractivity contribution in [1.29, 1.82) is 0 Å². The Hall–Kier alpha value is -2.36. The molecule has 0 aliphatic rings. The molecule has 3 nitrogen and oxygen atoms in total. The third kappa shape index (κ3) is 3.85. The molecule has 4 heteroatoms. The van der Waals surface area contributed by atoms with Crippen molar-refractivity contribution < 1.29 is 13.9 Å². The Kier molecular flexibility index (Phi) is 4.81. The van der Waals surface area contributed by atoms with Gasteiger partial charge < -0.3 is 10.1 Å². The minimum absolute atomic E-state index is 0.0201. The van der Waals surface area contributed by atoms with Crippen molar-refractivity contribution in [2.45, 2.75) is 25.8 Å². The van der Waals surface area contributed by atoms with Gasteiger partial charge in [0.1, 0.15) is 11.6 Å². The van der Waals surface area contributed by atoms with Crippen LogP contribution in [0.15, 0.2) is 48.5 Å². The lowest BCUT2D eigenvalue weighted by molar-refractivity contribution is -0.122. The summed E-state index contributed by atoms with van der Waals surface area (Å²) in [6.45, 7) is 3.82. The van der Waals surface area contributed by atoms with Crippen molar-refractivity contribution in [3.63, 3.8) is 0 Å². The zero-order valence-electron chi connectivity index (χ0n) is 13.0. The SMILES string of the molecule is COc1ccc(C(C)(C)NC(=O)Cc2ccccc2F)cc1. The first-order valence-electron chi connectivity index (χ1n) is 7.11. The van der Waals surface area contributed by atoms with Gasteiger partial charge in [0.2, 0.25) is 5.91 Å². The first-order chi connectivity index (χ1) is 10.4. The fourth-order valence-corrected chi connectivity index (χ4v) is 2.29. The molecule has 0 aliphatic heterocycles. The number of rotatable bonds is 5. The molecular weight excluding hydrogens is 281 g/mol. The summed E-state index contributed by atoms with van der Waals surface area (Å²) in [5.74, 6) is 0.183. The van der Waals surface area contributed by atoms with E-state index in [1.54, 1.807) is 25.3 Å². The number of methoxy groups -OCH3 is 1. The van der Waals surface area contributed by atoms with Crippen LogP contribution in [0.5, 0.6) is 5.75 Å². The molecule has 0 aliphatic carbocycles. The number of carbonyl (C=O) groups excluding carboxylic acids is 1. The number of benzene rings is 2. The molecule has 0 saturated carbocycles. The van der Waals surface area contributed by atoms with E-state index in [2.05, 4.69) is 5.32 Å². The maximum Gasteiger partial charge on any atom is 0.225 e. The number of amides is 1. The van der Waals surface area contributed by atoms with Gasteiger partial charge in [-0.15, -0.1) is 0 Å². The molecule has 0 radical (unpaired) electrons. The molecule has 0 aromatic heterocycles. The quantitative estimate of drug-likeness (QED) is 0.919. The van der Waals surface area contributed by atoms with Gasteiger partial charge in [0.05, 0.1) is 19.1 Å². The zero-order chi connectivity index (χ0) is 16.2. The van der Waals surface area contributed by atoms with Gasteiger partial charge in [0.25, 0.3) is 0 Å². The smallest absolute Gasteiger partial charge is 0.225 e. The lowest BCUT2D eigenvalue weighted by atomic mass is 9.93. The molecule has 0 unspecified atom stereocenters. The summed E-state index contributed by atoms with van der Waals surface area (Å²) in [4.78, 5) is 12.2. The summed E-state index contributed by atoms with van der Waals surface area (Å²) < 4.78 is 18.7. The van der Waals surface area contributed by atoms with Crippen LogP contribution in [0, 0.1) is 5.82 Å². The highest BCUT2D eigenvalue weighted by Gasteiger charge is 2.23. The second-order valence-electron chi connectivity index (χ2n) is 5.67. The van der Waals surface area contributed by atoms with Crippen LogP contribution < -0.4 is 10.1 Å². The van der Waals surface area contributed by atoms with E-state index in [0.717, 1.165) is 11.3 Å². The standard InChI is InChI=1S/C18H20FNO2/c1-18(2,14-8-10-15(22-3)11-9-14)20-17(21)12-13-6-4-5-7-16(13)19/h4-11H,12H2,1-3H3,(H,20,21). The van der Waals surface area contributed by atoms with Crippen LogP contribution in [0.25, 0.3) is 0 Å². The first kappa shape index (κ1) is 16.0. The van der Waals surface area contributed by atoms with E-state index in [9.17, 15) is 9.18 Å². The summed E-state index contributed by atoms with van der Waals surface area (Å²) in [5.41, 5.74) is 0.801. The molecule has 0 heterocycles. The summed E-state index contributed by atoms with van der Waals surface area (Å²) >= 11 is 0. The monoisotopic (exact) mass is 301 g/mol. The normalized spacial score (nSPS) is 11.1. The minimum Gasteiger partial charge on any atom is -0.497 e. The Morgan fingerprint density at radius 1 is 1.14 bits per heavy atom. The molecule has 1 N–H and O–H groups in total. The van der Waals surface area contributed by atoms with Gasteiger partial charge in [0.15, 0.2) is 0 Å². The molecule has 0 fully saturated rings. The Bertz CT molecular complexity index is 650. The molecule has 2 aromatic rings. The number of ether oxygens (including phenoxy) is 1. The van der Waals surface area contributed by atoms with Crippen LogP contribution in [-0.4, -0.2) is 13.0 Å². The topological polar surface area (TPSA) is 38.3 Å². The minimum atomic E-state index is -0.547. The van der Waals surface area contributed by atoms with Crippen molar-refractivity contribution in [2.24, 2.45) is 0 Å². The summed E-state index contributed by atoms with van der Waals surface area (Å²) in [7, 11) is 1.61. The van der Waals surface area contributed by atoms with Crippen LogP contribution in [0.3, 0.4) is 0 Å². The Morgan fingerprint density at radius 3 is 2.36 bits per heavy atom. The van der Waals surface area contributed by atoms with E-state index in [-0.39, 0.29) is 18.1 Å². The van der Waals surface area contributed by atoms with Gasteiger partial charge in [-0.1, -0.05) is 30.3 Å². The maximum atomic E-state index is 13.6. The Morgan fingerprint density at radius 2 is 1.77 bits per heavy atom. The van der Waals surface area contributed by atoms with Gasteiger partial charge in [-0.3, -0.25) is 4.79 Å². The second kappa shape index (κ2) is 6.60. The number of hydrogen-bond acceptors (Lipinski definition) is 2. The van der Waals surface area contributed by atoms with Crippen molar-refractivity contribution in [2.75, 3.05) is 7.11 Å². The molecule has 0 bridgehead atoms. The number of carbonyl (C=O) groups is 1. The average Bonchev–Trinajstić information content (AvgIpc) is 2.49. The first-order valence-corrected chi connectivity index (χ1v) is 7.11. The number of halogens is 1. The Labute approximate surface area is 130 Å². The fraction of sp³-hybridized carbons (Fsp3) is 0.278. The highest BCUT2D eigenvalue weighted by molar-refractivity contribution is 5.79. The zero-order valence-corrected chi connectivity index (χ0v) is 13.0. The highest BCUT2D eigenvalue weighted by atomic mass is 19.1. The van der Waals surface area contributed by atoms with Crippen LogP contribution in [0.2, 0.25) is 0 Å². The third-order valence-electron chi connectivity index (χ3n) is 3.57. The van der Waals surface area contributed by atoms with Crippen LogP contribution in [0.4, 0.5) is 4.39 Å². The molecular formula is C18H20FNO2. The van der Waals surface area contributed by atoms with Crippen LogP contribution >= 0.6 is 0 Å². The average molecular weight is 301 g/mol. The maximum absolute atomic E-state index is 13.6. The highest BCUT2D eigenvalue weighted by Crippen LogP contribution is 2.23. The van der Waals surface area contributed by atoms with E-state index in [1.165, 1.54) is 6.07 Å². The van der Waals surface area contributed by atoms with Crippen LogP contribution in [-0.2, 0) is 16.8 Å². The van der Waals surface area contributed by atoms with Crippen molar-refractivity contribution >= 4 is 5.91 Å². The summed E-state index contributed by atoms with van der Waals surface area (Å²) in [5, 5.41) is 2.94. The molecule has 1 amide bonds.